The van der Waals surface area contributed by atoms with Gasteiger partial charge in [-0.05, 0) is 6.07 Å². The second-order valence-electron chi connectivity index (χ2n) is 4.30. The highest BCUT2D eigenvalue weighted by molar-refractivity contribution is 5.76. The quantitative estimate of drug-likeness (QED) is 0.789. The molecule has 1 aromatic rings. The fourth-order valence-electron chi connectivity index (χ4n) is 1.98. The summed E-state index contributed by atoms with van der Waals surface area (Å²) >= 11 is 0. The van der Waals surface area contributed by atoms with E-state index in [1.165, 1.54) is 28.3 Å². The third kappa shape index (κ3) is 4.27. The van der Waals surface area contributed by atoms with Crippen LogP contribution in [0.1, 0.15) is 24.9 Å². The number of benzene rings is 1. The van der Waals surface area contributed by atoms with E-state index >= 15 is 0 Å². The number of aliphatic carboxylic acids is 1. The van der Waals surface area contributed by atoms with Gasteiger partial charge in [0.15, 0.2) is 11.5 Å². The Hall–Kier alpha value is -2.44. The molecule has 116 valence electrons. The minimum absolute atomic E-state index is 0.272. The molecule has 0 saturated carbocycles. The van der Waals surface area contributed by atoms with E-state index in [0.717, 1.165) is 0 Å². The first-order valence-electron chi connectivity index (χ1n) is 6.21. The van der Waals surface area contributed by atoms with Gasteiger partial charge in [0.05, 0.1) is 33.8 Å². The van der Waals surface area contributed by atoms with Gasteiger partial charge in [-0.25, -0.2) is 0 Å². The summed E-state index contributed by atoms with van der Waals surface area (Å²) in [6.45, 7) is 1.32. The molecule has 1 aromatic carbocycles. The molecule has 2 N–H and O–H groups in total. The van der Waals surface area contributed by atoms with Crippen LogP contribution in [-0.2, 0) is 9.59 Å². The fourth-order valence-corrected chi connectivity index (χ4v) is 1.98. The molecule has 7 nitrogen and oxygen atoms in total. The zero-order valence-corrected chi connectivity index (χ0v) is 12.4. The van der Waals surface area contributed by atoms with Gasteiger partial charge in [0, 0.05) is 18.6 Å². The summed E-state index contributed by atoms with van der Waals surface area (Å²) in [4.78, 5) is 22.3. The van der Waals surface area contributed by atoms with Crippen molar-refractivity contribution in [2.45, 2.75) is 19.4 Å². The van der Waals surface area contributed by atoms with Crippen molar-refractivity contribution in [1.82, 2.24) is 5.32 Å². The van der Waals surface area contributed by atoms with Crippen LogP contribution in [-0.4, -0.2) is 38.3 Å². The molecule has 0 aliphatic rings. The molecular formula is C14H19NO6. The standard InChI is InChI=1S/C14H19NO6/c1-8(16)15-10(6-14(17)18)9-5-12(20-3)13(21-4)7-11(9)19-2/h5,7,10H,6H2,1-4H3,(H,15,16)(H,17,18). The number of carboxylic acid groups (broad SMARTS) is 1. The van der Waals surface area contributed by atoms with Gasteiger partial charge in [0.2, 0.25) is 5.91 Å². The number of rotatable bonds is 7. The molecule has 21 heavy (non-hydrogen) atoms. The summed E-state index contributed by atoms with van der Waals surface area (Å²) in [5.41, 5.74) is 0.507. The van der Waals surface area contributed by atoms with E-state index in [2.05, 4.69) is 5.32 Å². The number of carboxylic acids is 1. The Kier molecular flexibility index (Phi) is 5.83. The Bertz CT molecular complexity index is 512. The molecule has 1 unspecified atom stereocenters. The lowest BCUT2D eigenvalue weighted by Crippen LogP contribution is -2.28. The Labute approximate surface area is 122 Å². The Morgan fingerprint density at radius 3 is 2.05 bits per heavy atom. The van der Waals surface area contributed by atoms with E-state index in [1.54, 1.807) is 12.1 Å². The van der Waals surface area contributed by atoms with Crippen LogP contribution in [0, 0.1) is 0 Å². The van der Waals surface area contributed by atoms with Crippen molar-refractivity contribution in [1.29, 1.82) is 0 Å². The molecule has 0 aliphatic heterocycles. The number of carbonyl (C=O) groups is 2. The maximum absolute atomic E-state index is 11.3. The molecule has 1 atom stereocenters. The first kappa shape index (κ1) is 16.6. The normalized spacial score (nSPS) is 11.4. The molecule has 0 aromatic heterocycles. The molecule has 0 aliphatic carbocycles. The third-order valence-electron chi connectivity index (χ3n) is 2.87. The number of methoxy groups -OCH3 is 3. The fraction of sp³-hybridized carbons (Fsp3) is 0.429. The molecule has 0 saturated heterocycles. The highest BCUT2D eigenvalue weighted by Crippen LogP contribution is 2.38. The van der Waals surface area contributed by atoms with Crippen molar-refractivity contribution in [3.8, 4) is 17.2 Å². The van der Waals surface area contributed by atoms with E-state index in [-0.39, 0.29) is 12.3 Å². The van der Waals surface area contributed by atoms with Crippen LogP contribution in [0.3, 0.4) is 0 Å². The third-order valence-corrected chi connectivity index (χ3v) is 2.87. The molecule has 0 radical (unpaired) electrons. The van der Waals surface area contributed by atoms with Crippen molar-refractivity contribution >= 4 is 11.9 Å². The first-order chi connectivity index (χ1) is 9.92. The van der Waals surface area contributed by atoms with Gasteiger partial charge in [-0.3, -0.25) is 9.59 Å². The van der Waals surface area contributed by atoms with Crippen molar-refractivity contribution < 1.29 is 28.9 Å². The van der Waals surface area contributed by atoms with Crippen LogP contribution >= 0.6 is 0 Å². The van der Waals surface area contributed by atoms with Gasteiger partial charge in [-0.1, -0.05) is 0 Å². The lowest BCUT2D eigenvalue weighted by molar-refractivity contribution is -0.137. The molecule has 0 fully saturated rings. The van der Waals surface area contributed by atoms with Crippen molar-refractivity contribution in [2.75, 3.05) is 21.3 Å². The summed E-state index contributed by atoms with van der Waals surface area (Å²) in [7, 11) is 4.41. The van der Waals surface area contributed by atoms with Crippen molar-refractivity contribution in [3.63, 3.8) is 0 Å². The highest BCUT2D eigenvalue weighted by atomic mass is 16.5. The van der Waals surface area contributed by atoms with Crippen LogP contribution in [0.5, 0.6) is 17.2 Å². The van der Waals surface area contributed by atoms with E-state index in [9.17, 15) is 9.59 Å². The van der Waals surface area contributed by atoms with Crippen LogP contribution in [0.25, 0.3) is 0 Å². The number of nitrogens with one attached hydrogen (secondary N) is 1. The maximum atomic E-state index is 11.3. The monoisotopic (exact) mass is 297 g/mol. The lowest BCUT2D eigenvalue weighted by Gasteiger charge is -2.21. The van der Waals surface area contributed by atoms with E-state index < -0.39 is 12.0 Å². The molecule has 0 bridgehead atoms. The van der Waals surface area contributed by atoms with Gasteiger partial charge in [0.25, 0.3) is 0 Å². The number of ether oxygens (including phenoxy) is 3. The van der Waals surface area contributed by atoms with Crippen LogP contribution < -0.4 is 19.5 Å². The van der Waals surface area contributed by atoms with Crippen LogP contribution in [0.4, 0.5) is 0 Å². The molecule has 1 rings (SSSR count). The highest BCUT2D eigenvalue weighted by Gasteiger charge is 2.23. The van der Waals surface area contributed by atoms with Crippen molar-refractivity contribution in [2.24, 2.45) is 0 Å². The summed E-state index contributed by atoms with van der Waals surface area (Å²) in [6.07, 6.45) is -0.272. The van der Waals surface area contributed by atoms with E-state index in [0.29, 0.717) is 22.8 Å². The predicted molar refractivity (Wildman–Crippen MR) is 74.9 cm³/mol. The SMILES string of the molecule is COc1cc(OC)c(C(CC(=O)O)NC(C)=O)cc1OC. The topological polar surface area (TPSA) is 94.1 Å². The number of amides is 1. The minimum atomic E-state index is -1.04. The summed E-state index contributed by atoms with van der Waals surface area (Å²) in [6, 6.07) is 2.46. The number of hydrogen-bond donors (Lipinski definition) is 2. The lowest BCUT2D eigenvalue weighted by atomic mass is 10.0. The second kappa shape index (κ2) is 7.37. The first-order valence-corrected chi connectivity index (χ1v) is 6.21. The Morgan fingerprint density at radius 1 is 1.10 bits per heavy atom. The second-order valence-corrected chi connectivity index (χ2v) is 4.30. The Balaban J connectivity index is 3.33. The molecule has 7 heteroatoms. The smallest absolute Gasteiger partial charge is 0.305 e. The zero-order valence-electron chi connectivity index (χ0n) is 12.4. The molecule has 0 spiro atoms. The number of hydrogen-bond acceptors (Lipinski definition) is 5. The molecule has 1 amide bonds. The minimum Gasteiger partial charge on any atom is -0.496 e. The van der Waals surface area contributed by atoms with E-state index in [4.69, 9.17) is 19.3 Å². The van der Waals surface area contributed by atoms with Gasteiger partial charge >= 0.3 is 5.97 Å². The largest absolute Gasteiger partial charge is 0.496 e. The average molecular weight is 297 g/mol. The Morgan fingerprint density at radius 2 is 1.62 bits per heavy atom. The summed E-state index contributed by atoms with van der Waals surface area (Å²) < 4.78 is 15.6. The van der Waals surface area contributed by atoms with Crippen molar-refractivity contribution in [3.05, 3.63) is 17.7 Å². The van der Waals surface area contributed by atoms with E-state index in [1.807, 2.05) is 0 Å². The molecule has 0 heterocycles. The summed E-state index contributed by atoms with van der Waals surface area (Å²) in [5.74, 6) is -0.0830. The maximum Gasteiger partial charge on any atom is 0.305 e. The molecular weight excluding hydrogens is 278 g/mol. The van der Waals surface area contributed by atoms with Crippen LogP contribution in [0.2, 0.25) is 0 Å². The van der Waals surface area contributed by atoms with Gasteiger partial charge in [-0.15, -0.1) is 0 Å². The predicted octanol–water partition coefficient (Wildman–Crippen LogP) is 1.36. The van der Waals surface area contributed by atoms with Gasteiger partial charge in [0.1, 0.15) is 5.75 Å². The zero-order chi connectivity index (χ0) is 16.0. The summed E-state index contributed by atoms with van der Waals surface area (Å²) in [5, 5.41) is 11.6. The number of carbonyl (C=O) groups excluding carboxylic acids is 1. The average Bonchev–Trinajstić information content (AvgIpc) is 2.43. The van der Waals surface area contributed by atoms with Gasteiger partial charge < -0.3 is 24.6 Å². The van der Waals surface area contributed by atoms with Gasteiger partial charge in [-0.2, -0.15) is 0 Å². The van der Waals surface area contributed by atoms with Crippen LogP contribution in [0.15, 0.2) is 12.1 Å².